The molecule has 2 atom stereocenters. The van der Waals surface area contributed by atoms with Gasteiger partial charge in [-0.2, -0.15) is 0 Å². The number of carbonyl (C=O) groups excluding carboxylic acids is 2. The maximum absolute atomic E-state index is 12.1. The quantitative estimate of drug-likeness (QED) is 0.352. The maximum atomic E-state index is 12.1. The number of carbonyl (C=O) groups is 2. The summed E-state index contributed by atoms with van der Waals surface area (Å²) in [6.07, 6.45) is -1.81. The minimum atomic E-state index is -0.980. The molecule has 1 aromatic carbocycles. The molecule has 0 aliphatic carbocycles. The van der Waals surface area contributed by atoms with Crippen LogP contribution in [0, 0.1) is 0 Å². The summed E-state index contributed by atoms with van der Waals surface area (Å²) in [6.45, 7) is 5.44. The third kappa shape index (κ3) is 6.72. The molecule has 25 heavy (non-hydrogen) atoms. The number of allylic oxidation sites excluding steroid dienone is 1. The fourth-order valence-electron chi connectivity index (χ4n) is 2.10. The second kappa shape index (κ2) is 9.53. The Hall–Kier alpha value is -2.74. The van der Waals surface area contributed by atoms with Crippen LogP contribution in [0.1, 0.15) is 26.3 Å². The first kappa shape index (κ1) is 20.3. The van der Waals surface area contributed by atoms with Gasteiger partial charge in [0.15, 0.2) is 0 Å². The average molecular weight is 350 g/mol. The van der Waals surface area contributed by atoms with Crippen LogP contribution in [0.4, 0.5) is 10.5 Å². The zero-order valence-corrected chi connectivity index (χ0v) is 14.9. The standard InChI is InChI=1S/C17H26N4O4/c1-10(2)14(19-4)16(23)20-11(3)15(22)21-13-7-5-12(6-8-13)9-25-17(18)24/h5-8,11,15,19,21-22H,9H2,1-4H3,(H2,18,24)(H,20,23)/t11-,15?/m0/s1. The number of nitrogens with one attached hydrogen (secondary N) is 3. The lowest BCUT2D eigenvalue weighted by Crippen LogP contribution is -2.46. The zero-order valence-electron chi connectivity index (χ0n) is 14.9. The summed E-state index contributed by atoms with van der Waals surface area (Å²) in [6, 6.07) is 6.42. The second-order valence-electron chi connectivity index (χ2n) is 5.78. The van der Waals surface area contributed by atoms with Gasteiger partial charge >= 0.3 is 6.09 Å². The van der Waals surface area contributed by atoms with E-state index in [9.17, 15) is 14.7 Å². The van der Waals surface area contributed by atoms with Gasteiger partial charge in [0, 0.05) is 12.7 Å². The Kier molecular flexibility index (Phi) is 7.74. The number of primary amides is 1. The number of benzene rings is 1. The summed E-state index contributed by atoms with van der Waals surface area (Å²) in [5, 5.41) is 18.7. The van der Waals surface area contributed by atoms with E-state index in [2.05, 4.69) is 16.0 Å². The first-order chi connectivity index (χ1) is 11.7. The van der Waals surface area contributed by atoms with Gasteiger partial charge in [-0.25, -0.2) is 4.79 Å². The number of aliphatic hydroxyl groups is 1. The van der Waals surface area contributed by atoms with Crippen LogP contribution in [0.3, 0.4) is 0 Å². The molecule has 0 aliphatic heterocycles. The highest BCUT2D eigenvalue weighted by Gasteiger charge is 2.18. The van der Waals surface area contributed by atoms with Crippen LogP contribution in [-0.2, 0) is 16.1 Å². The molecule has 138 valence electrons. The third-order valence-electron chi connectivity index (χ3n) is 3.46. The van der Waals surface area contributed by atoms with Crippen LogP contribution in [0.15, 0.2) is 35.5 Å². The molecule has 0 bridgehead atoms. The van der Waals surface area contributed by atoms with Crippen LogP contribution in [0.2, 0.25) is 0 Å². The molecule has 8 nitrogen and oxygen atoms in total. The third-order valence-corrected chi connectivity index (χ3v) is 3.46. The fourth-order valence-corrected chi connectivity index (χ4v) is 2.10. The summed E-state index contributed by atoms with van der Waals surface area (Å²) in [5.74, 6) is -0.283. The van der Waals surface area contributed by atoms with Crippen molar-refractivity contribution >= 4 is 17.7 Å². The number of aliphatic hydroxyl groups excluding tert-OH is 1. The molecule has 0 fully saturated rings. The molecule has 0 spiro atoms. The number of hydrogen-bond acceptors (Lipinski definition) is 6. The highest BCUT2D eigenvalue weighted by molar-refractivity contribution is 5.93. The minimum Gasteiger partial charge on any atom is -0.445 e. The van der Waals surface area contributed by atoms with E-state index in [1.54, 1.807) is 38.2 Å². The minimum absolute atomic E-state index is 0.0835. The van der Waals surface area contributed by atoms with E-state index in [1.165, 1.54) is 0 Å². The number of ether oxygens (including phenoxy) is 1. The molecular weight excluding hydrogens is 324 g/mol. The Labute approximate surface area is 147 Å². The summed E-state index contributed by atoms with van der Waals surface area (Å²) in [5.41, 5.74) is 7.66. The first-order valence-corrected chi connectivity index (χ1v) is 7.86. The van der Waals surface area contributed by atoms with Gasteiger partial charge in [-0.05, 0) is 44.0 Å². The van der Waals surface area contributed by atoms with Crippen molar-refractivity contribution in [2.45, 2.75) is 39.6 Å². The summed E-state index contributed by atoms with van der Waals surface area (Å²) < 4.78 is 4.69. The molecule has 1 unspecified atom stereocenters. The Morgan fingerprint density at radius 1 is 1.24 bits per heavy atom. The van der Waals surface area contributed by atoms with Crippen molar-refractivity contribution in [2.24, 2.45) is 5.73 Å². The van der Waals surface area contributed by atoms with Crippen molar-refractivity contribution in [3.63, 3.8) is 0 Å². The first-order valence-electron chi connectivity index (χ1n) is 7.86. The predicted octanol–water partition coefficient (Wildman–Crippen LogP) is 1.03. The number of anilines is 1. The highest BCUT2D eigenvalue weighted by Crippen LogP contribution is 2.12. The molecular formula is C17H26N4O4. The molecule has 0 aromatic heterocycles. The van der Waals surface area contributed by atoms with Crippen molar-refractivity contribution in [1.29, 1.82) is 0 Å². The van der Waals surface area contributed by atoms with E-state index in [0.29, 0.717) is 11.4 Å². The van der Waals surface area contributed by atoms with Crippen molar-refractivity contribution < 1.29 is 19.4 Å². The smallest absolute Gasteiger partial charge is 0.404 e. The number of hydrogen-bond donors (Lipinski definition) is 5. The van der Waals surface area contributed by atoms with Crippen LogP contribution in [0.5, 0.6) is 0 Å². The van der Waals surface area contributed by atoms with Gasteiger partial charge in [0.1, 0.15) is 12.8 Å². The number of nitrogens with two attached hydrogens (primary N) is 1. The largest absolute Gasteiger partial charge is 0.445 e. The van der Waals surface area contributed by atoms with Crippen LogP contribution in [0.25, 0.3) is 0 Å². The van der Waals surface area contributed by atoms with Gasteiger partial charge in [0.2, 0.25) is 0 Å². The lowest BCUT2D eigenvalue weighted by atomic mass is 10.2. The molecule has 0 saturated heterocycles. The van der Waals surface area contributed by atoms with Gasteiger partial charge in [-0.15, -0.1) is 0 Å². The number of amides is 2. The molecule has 8 heteroatoms. The lowest BCUT2D eigenvalue weighted by molar-refractivity contribution is -0.119. The molecule has 6 N–H and O–H groups in total. The molecule has 2 amide bonds. The zero-order chi connectivity index (χ0) is 19.0. The predicted molar refractivity (Wildman–Crippen MR) is 95.5 cm³/mol. The normalized spacial score (nSPS) is 12.5. The van der Waals surface area contributed by atoms with Gasteiger partial charge in [-0.1, -0.05) is 12.1 Å². The Balaban J connectivity index is 2.60. The van der Waals surface area contributed by atoms with E-state index >= 15 is 0 Å². The van der Waals surface area contributed by atoms with Crippen molar-refractivity contribution in [3.05, 3.63) is 41.1 Å². The SMILES string of the molecule is CNC(C(=O)N[C@@H](C)C(O)Nc1ccc(COC(N)=O)cc1)=C(C)C. The van der Waals surface area contributed by atoms with Crippen molar-refractivity contribution in [2.75, 3.05) is 12.4 Å². The highest BCUT2D eigenvalue weighted by atomic mass is 16.5. The lowest BCUT2D eigenvalue weighted by Gasteiger charge is -2.23. The van der Waals surface area contributed by atoms with Crippen molar-refractivity contribution in [3.8, 4) is 0 Å². The molecule has 0 aliphatic rings. The fraction of sp³-hybridized carbons (Fsp3) is 0.412. The molecule has 0 heterocycles. The monoisotopic (exact) mass is 350 g/mol. The Morgan fingerprint density at radius 3 is 2.32 bits per heavy atom. The van der Waals surface area contributed by atoms with E-state index in [4.69, 9.17) is 10.5 Å². The summed E-state index contributed by atoms with van der Waals surface area (Å²) in [7, 11) is 1.67. The van der Waals surface area contributed by atoms with Crippen LogP contribution >= 0.6 is 0 Å². The molecule has 1 aromatic rings. The maximum Gasteiger partial charge on any atom is 0.404 e. The summed E-state index contributed by atoms with van der Waals surface area (Å²) in [4.78, 5) is 22.7. The topological polar surface area (TPSA) is 126 Å². The van der Waals surface area contributed by atoms with Crippen molar-refractivity contribution in [1.82, 2.24) is 10.6 Å². The molecule has 1 rings (SSSR count). The van der Waals surface area contributed by atoms with Crippen LogP contribution in [-0.4, -0.2) is 36.4 Å². The second-order valence-corrected chi connectivity index (χ2v) is 5.78. The van der Waals surface area contributed by atoms with E-state index in [0.717, 1.165) is 11.1 Å². The summed E-state index contributed by atoms with van der Waals surface area (Å²) >= 11 is 0. The van der Waals surface area contributed by atoms with Gasteiger partial charge < -0.3 is 31.5 Å². The van der Waals surface area contributed by atoms with Crippen LogP contribution < -0.4 is 21.7 Å². The van der Waals surface area contributed by atoms with E-state index in [1.807, 2.05) is 13.8 Å². The van der Waals surface area contributed by atoms with Gasteiger partial charge in [0.05, 0.1) is 11.7 Å². The van der Waals surface area contributed by atoms with Gasteiger partial charge in [-0.3, -0.25) is 4.79 Å². The molecule has 0 radical (unpaired) electrons. The number of likely N-dealkylation sites (N-methyl/N-ethyl adjacent to an activating group) is 1. The van der Waals surface area contributed by atoms with E-state index < -0.39 is 18.4 Å². The Morgan fingerprint density at radius 2 is 1.84 bits per heavy atom. The Bertz CT molecular complexity index is 624. The molecule has 0 saturated carbocycles. The van der Waals surface area contributed by atoms with Gasteiger partial charge in [0.25, 0.3) is 5.91 Å². The van der Waals surface area contributed by atoms with E-state index in [-0.39, 0.29) is 12.5 Å². The average Bonchev–Trinajstić information content (AvgIpc) is 2.54. The number of rotatable bonds is 8.